The highest BCUT2D eigenvalue weighted by molar-refractivity contribution is 5.99. The molecule has 0 aliphatic carbocycles. The van der Waals surface area contributed by atoms with Crippen LogP contribution in [-0.2, 0) is 6.54 Å². The highest BCUT2D eigenvalue weighted by Gasteiger charge is 2.20. The highest BCUT2D eigenvalue weighted by Crippen LogP contribution is 2.15. The van der Waals surface area contributed by atoms with E-state index in [2.05, 4.69) is 10.2 Å². The van der Waals surface area contributed by atoms with Crippen LogP contribution in [0.25, 0.3) is 0 Å². The fourth-order valence-electron chi connectivity index (χ4n) is 2.93. The van der Waals surface area contributed by atoms with Crippen LogP contribution < -0.4 is 5.32 Å². The van der Waals surface area contributed by atoms with Crippen LogP contribution in [-0.4, -0.2) is 54.8 Å². The topological polar surface area (TPSA) is 52.7 Å². The molecule has 0 radical (unpaired) electrons. The summed E-state index contributed by atoms with van der Waals surface area (Å²) in [6, 6.07) is 17.0. The summed E-state index contributed by atoms with van der Waals surface area (Å²) in [6.45, 7) is 6.07. The average Bonchev–Trinajstić information content (AvgIpc) is 2.69. The van der Waals surface area contributed by atoms with Crippen molar-refractivity contribution in [3.63, 3.8) is 0 Å². The van der Waals surface area contributed by atoms with Gasteiger partial charge in [-0.15, -0.1) is 0 Å². The van der Waals surface area contributed by atoms with Gasteiger partial charge in [-0.25, -0.2) is 0 Å². The van der Waals surface area contributed by atoms with Crippen LogP contribution in [0.2, 0.25) is 0 Å². The standard InChI is InChI=1S/C23H31N3O2/c1-18(2)26(17-19-10-6-5-7-11-19)23(28)21-13-8-12-20(16-21)22(27)24-14-9-15-25(3)4/h5-8,10-13,16,18H,9,14-15,17H2,1-4H3,(H,24,27). The fraction of sp³-hybridized carbons (Fsp3) is 0.391. The van der Waals surface area contributed by atoms with Crippen LogP contribution in [0, 0.1) is 0 Å². The molecule has 0 saturated carbocycles. The van der Waals surface area contributed by atoms with Crippen LogP contribution in [0.4, 0.5) is 0 Å². The van der Waals surface area contributed by atoms with E-state index in [1.165, 1.54) is 0 Å². The van der Waals surface area contributed by atoms with Crippen molar-refractivity contribution >= 4 is 11.8 Å². The van der Waals surface area contributed by atoms with E-state index in [0.29, 0.717) is 24.2 Å². The molecule has 0 fully saturated rings. The molecule has 1 N–H and O–H groups in total. The second-order valence-corrected chi connectivity index (χ2v) is 7.51. The number of hydrogen-bond acceptors (Lipinski definition) is 3. The molecule has 0 unspecified atom stereocenters. The van der Waals surface area contributed by atoms with E-state index in [1.54, 1.807) is 24.3 Å². The van der Waals surface area contributed by atoms with Gasteiger partial charge in [0.1, 0.15) is 0 Å². The molecular formula is C23H31N3O2. The Hall–Kier alpha value is -2.66. The molecule has 5 nitrogen and oxygen atoms in total. The van der Waals surface area contributed by atoms with Gasteiger partial charge in [0.25, 0.3) is 11.8 Å². The van der Waals surface area contributed by atoms with Crippen molar-refractivity contribution in [2.75, 3.05) is 27.2 Å². The molecule has 2 amide bonds. The number of benzene rings is 2. The molecule has 0 heterocycles. The van der Waals surface area contributed by atoms with Crippen LogP contribution in [0.5, 0.6) is 0 Å². The molecule has 150 valence electrons. The van der Waals surface area contributed by atoms with Gasteiger partial charge in [-0.3, -0.25) is 9.59 Å². The van der Waals surface area contributed by atoms with E-state index in [1.807, 2.05) is 63.2 Å². The minimum Gasteiger partial charge on any atom is -0.352 e. The monoisotopic (exact) mass is 381 g/mol. The van der Waals surface area contributed by atoms with Crippen molar-refractivity contribution in [1.82, 2.24) is 15.1 Å². The predicted octanol–water partition coefficient (Wildman–Crippen LogP) is 3.42. The number of carbonyl (C=O) groups is 2. The summed E-state index contributed by atoms with van der Waals surface area (Å²) >= 11 is 0. The van der Waals surface area contributed by atoms with Gasteiger partial charge in [0.2, 0.25) is 0 Å². The Bertz CT molecular complexity index is 772. The zero-order chi connectivity index (χ0) is 20.5. The number of amides is 2. The Balaban J connectivity index is 2.07. The van der Waals surface area contributed by atoms with Crippen molar-refractivity contribution in [2.24, 2.45) is 0 Å². The minimum absolute atomic E-state index is 0.0521. The van der Waals surface area contributed by atoms with Crippen molar-refractivity contribution < 1.29 is 9.59 Å². The Kier molecular flexibility index (Phi) is 8.20. The van der Waals surface area contributed by atoms with Gasteiger partial charge in [0.15, 0.2) is 0 Å². The summed E-state index contributed by atoms with van der Waals surface area (Å²) < 4.78 is 0. The molecule has 5 heteroatoms. The Morgan fingerprint density at radius 3 is 2.29 bits per heavy atom. The molecule has 28 heavy (non-hydrogen) atoms. The van der Waals surface area contributed by atoms with Crippen molar-refractivity contribution in [3.8, 4) is 0 Å². The normalized spacial score (nSPS) is 10.9. The highest BCUT2D eigenvalue weighted by atomic mass is 16.2. The number of rotatable bonds is 9. The molecule has 0 saturated heterocycles. The minimum atomic E-state index is -0.146. The maximum atomic E-state index is 13.1. The zero-order valence-electron chi connectivity index (χ0n) is 17.3. The quantitative estimate of drug-likeness (QED) is 0.677. The molecule has 0 aliphatic heterocycles. The molecular weight excluding hydrogens is 350 g/mol. The van der Waals surface area contributed by atoms with Crippen LogP contribution in [0.3, 0.4) is 0 Å². The molecule has 0 spiro atoms. The molecule has 0 aliphatic rings. The summed E-state index contributed by atoms with van der Waals surface area (Å²) in [5.41, 5.74) is 2.13. The van der Waals surface area contributed by atoms with Gasteiger partial charge in [0.05, 0.1) is 0 Å². The summed E-state index contributed by atoms with van der Waals surface area (Å²) in [4.78, 5) is 29.4. The van der Waals surface area contributed by atoms with Gasteiger partial charge in [-0.2, -0.15) is 0 Å². The largest absolute Gasteiger partial charge is 0.352 e. The first-order valence-electron chi connectivity index (χ1n) is 9.76. The number of hydrogen-bond donors (Lipinski definition) is 1. The van der Waals surface area contributed by atoms with E-state index < -0.39 is 0 Å². The van der Waals surface area contributed by atoms with E-state index in [9.17, 15) is 9.59 Å². The third-order valence-electron chi connectivity index (χ3n) is 4.52. The third kappa shape index (κ3) is 6.50. The Morgan fingerprint density at radius 1 is 0.964 bits per heavy atom. The van der Waals surface area contributed by atoms with Crippen molar-refractivity contribution in [1.29, 1.82) is 0 Å². The lowest BCUT2D eigenvalue weighted by Crippen LogP contribution is -2.36. The number of nitrogens with one attached hydrogen (secondary N) is 1. The van der Waals surface area contributed by atoms with Crippen LogP contribution >= 0.6 is 0 Å². The van der Waals surface area contributed by atoms with E-state index in [4.69, 9.17) is 0 Å². The van der Waals surface area contributed by atoms with Crippen molar-refractivity contribution in [2.45, 2.75) is 32.9 Å². The van der Waals surface area contributed by atoms with Gasteiger partial charge >= 0.3 is 0 Å². The number of nitrogens with zero attached hydrogens (tertiary/aromatic N) is 2. The SMILES string of the molecule is CC(C)N(Cc1ccccc1)C(=O)c1cccc(C(=O)NCCCN(C)C)c1. The Labute approximate surface area is 168 Å². The molecule has 2 rings (SSSR count). The predicted molar refractivity (Wildman–Crippen MR) is 113 cm³/mol. The van der Waals surface area contributed by atoms with Crippen LogP contribution in [0.15, 0.2) is 54.6 Å². The van der Waals surface area contributed by atoms with Gasteiger partial charge in [-0.05, 0) is 64.7 Å². The first-order valence-corrected chi connectivity index (χ1v) is 9.76. The molecule has 0 bridgehead atoms. The summed E-state index contributed by atoms with van der Waals surface area (Å²) in [5, 5.41) is 2.92. The lowest BCUT2D eigenvalue weighted by atomic mass is 10.1. The van der Waals surface area contributed by atoms with Gasteiger partial charge < -0.3 is 15.1 Å². The fourth-order valence-corrected chi connectivity index (χ4v) is 2.93. The van der Waals surface area contributed by atoms with E-state index in [-0.39, 0.29) is 17.9 Å². The number of carbonyl (C=O) groups excluding carboxylic acids is 2. The third-order valence-corrected chi connectivity index (χ3v) is 4.52. The first kappa shape index (κ1) is 21.6. The van der Waals surface area contributed by atoms with Crippen molar-refractivity contribution in [3.05, 3.63) is 71.3 Å². The summed E-state index contributed by atoms with van der Waals surface area (Å²) in [5.74, 6) is -0.214. The lowest BCUT2D eigenvalue weighted by Gasteiger charge is -2.27. The lowest BCUT2D eigenvalue weighted by molar-refractivity contribution is 0.0690. The Morgan fingerprint density at radius 2 is 1.64 bits per heavy atom. The maximum Gasteiger partial charge on any atom is 0.254 e. The second-order valence-electron chi connectivity index (χ2n) is 7.51. The molecule has 0 atom stereocenters. The van der Waals surface area contributed by atoms with Gasteiger partial charge in [-0.1, -0.05) is 36.4 Å². The second kappa shape index (κ2) is 10.6. The zero-order valence-corrected chi connectivity index (χ0v) is 17.3. The molecule has 2 aromatic carbocycles. The van der Waals surface area contributed by atoms with Crippen LogP contribution in [0.1, 0.15) is 46.5 Å². The summed E-state index contributed by atoms with van der Waals surface area (Å²) in [7, 11) is 4.01. The van der Waals surface area contributed by atoms with Gasteiger partial charge in [0, 0.05) is 30.3 Å². The molecule has 0 aromatic heterocycles. The smallest absolute Gasteiger partial charge is 0.254 e. The molecule has 2 aromatic rings. The summed E-state index contributed by atoms with van der Waals surface area (Å²) in [6.07, 6.45) is 0.884. The average molecular weight is 382 g/mol. The maximum absolute atomic E-state index is 13.1. The van der Waals surface area contributed by atoms with E-state index in [0.717, 1.165) is 18.5 Å². The van der Waals surface area contributed by atoms with E-state index >= 15 is 0 Å². The first-order chi connectivity index (χ1) is 13.4.